The number of benzene rings is 2. The second kappa shape index (κ2) is 12.0. The van der Waals surface area contributed by atoms with Crippen molar-refractivity contribution in [1.29, 1.82) is 0 Å². The van der Waals surface area contributed by atoms with Gasteiger partial charge in [0, 0.05) is 19.2 Å². The Kier molecular flexibility index (Phi) is 8.87. The van der Waals surface area contributed by atoms with E-state index in [-0.39, 0.29) is 11.9 Å². The zero-order chi connectivity index (χ0) is 23.6. The van der Waals surface area contributed by atoms with Crippen LogP contribution in [-0.2, 0) is 22.4 Å². The molecule has 1 atom stereocenters. The second-order valence-electron chi connectivity index (χ2n) is 8.51. The van der Waals surface area contributed by atoms with Crippen molar-refractivity contribution >= 4 is 11.8 Å². The zero-order valence-electron chi connectivity index (χ0n) is 20.0. The summed E-state index contributed by atoms with van der Waals surface area (Å²) in [7, 11) is 3.30. The average molecular weight is 447 g/mol. The predicted molar refractivity (Wildman–Crippen MR) is 133 cm³/mol. The first-order valence-electron chi connectivity index (χ1n) is 11.5. The number of ether oxygens (including phenoxy) is 2. The first kappa shape index (κ1) is 24.3. The lowest BCUT2D eigenvalue weighted by Gasteiger charge is -2.18. The molecule has 5 heteroatoms. The van der Waals surface area contributed by atoms with Crippen molar-refractivity contribution in [3.8, 4) is 5.75 Å². The van der Waals surface area contributed by atoms with Crippen molar-refractivity contribution in [3.63, 3.8) is 0 Å². The molecular weight excluding hydrogens is 412 g/mol. The smallest absolute Gasteiger partial charge is 0.306 e. The van der Waals surface area contributed by atoms with Crippen molar-refractivity contribution < 1.29 is 14.3 Å². The average Bonchev–Trinajstić information content (AvgIpc) is 2.84. The van der Waals surface area contributed by atoms with Gasteiger partial charge < -0.3 is 14.8 Å². The van der Waals surface area contributed by atoms with Gasteiger partial charge in [0.15, 0.2) is 0 Å². The number of pyridine rings is 1. The van der Waals surface area contributed by atoms with E-state index in [0.29, 0.717) is 18.9 Å². The van der Waals surface area contributed by atoms with Crippen LogP contribution in [0.1, 0.15) is 54.5 Å². The van der Waals surface area contributed by atoms with Gasteiger partial charge in [-0.1, -0.05) is 56.3 Å². The maximum atomic E-state index is 12.0. The number of anilines is 1. The fourth-order valence-corrected chi connectivity index (χ4v) is 3.78. The number of hydrogen-bond acceptors (Lipinski definition) is 5. The molecule has 174 valence electrons. The summed E-state index contributed by atoms with van der Waals surface area (Å²) in [6, 6.07) is 22.6. The molecule has 0 radical (unpaired) electrons. The lowest BCUT2D eigenvalue weighted by molar-refractivity contribution is -0.141. The first-order valence-corrected chi connectivity index (χ1v) is 11.5. The molecule has 0 amide bonds. The molecule has 1 heterocycles. The highest BCUT2D eigenvalue weighted by Gasteiger charge is 2.18. The van der Waals surface area contributed by atoms with Crippen molar-refractivity contribution in [2.75, 3.05) is 26.1 Å². The summed E-state index contributed by atoms with van der Waals surface area (Å²) in [4.78, 5) is 16.6. The van der Waals surface area contributed by atoms with Crippen LogP contribution in [0.5, 0.6) is 5.75 Å². The van der Waals surface area contributed by atoms with Gasteiger partial charge in [0.1, 0.15) is 11.6 Å². The SMILES string of the molecule is CNc1cccc(CCOc2ccc(CC(CC(=O)OC)c3ccc(C(C)C)cc3)cc2)n1. The summed E-state index contributed by atoms with van der Waals surface area (Å²) < 4.78 is 10.9. The Hall–Kier alpha value is -3.34. The third-order valence-electron chi connectivity index (χ3n) is 5.81. The van der Waals surface area contributed by atoms with Gasteiger partial charge in [0.25, 0.3) is 0 Å². The number of carbonyl (C=O) groups excluding carboxylic acids is 1. The van der Waals surface area contributed by atoms with Crippen molar-refractivity contribution in [2.45, 2.75) is 44.9 Å². The van der Waals surface area contributed by atoms with Crippen LogP contribution in [0.15, 0.2) is 66.7 Å². The minimum Gasteiger partial charge on any atom is -0.493 e. The molecule has 1 unspecified atom stereocenters. The first-order chi connectivity index (χ1) is 16.0. The van der Waals surface area contributed by atoms with Crippen LogP contribution >= 0.6 is 0 Å². The molecule has 5 nitrogen and oxygen atoms in total. The lowest BCUT2D eigenvalue weighted by Crippen LogP contribution is -2.11. The molecule has 0 aliphatic carbocycles. The largest absolute Gasteiger partial charge is 0.493 e. The van der Waals surface area contributed by atoms with E-state index in [1.807, 2.05) is 37.4 Å². The summed E-state index contributed by atoms with van der Waals surface area (Å²) in [6.45, 7) is 4.92. The number of esters is 1. The fraction of sp³-hybridized carbons (Fsp3) is 0.357. The number of nitrogens with zero attached hydrogens (tertiary/aromatic N) is 1. The Morgan fingerprint density at radius 1 is 0.970 bits per heavy atom. The molecule has 3 aromatic rings. The van der Waals surface area contributed by atoms with E-state index in [0.717, 1.165) is 41.2 Å². The van der Waals surface area contributed by atoms with Crippen LogP contribution in [0.2, 0.25) is 0 Å². The molecule has 0 aliphatic rings. The summed E-state index contributed by atoms with van der Waals surface area (Å²) in [5.74, 6) is 2.04. The van der Waals surface area contributed by atoms with E-state index in [1.54, 1.807) is 0 Å². The third kappa shape index (κ3) is 7.35. The number of carbonyl (C=O) groups is 1. The maximum absolute atomic E-state index is 12.0. The third-order valence-corrected chi connectivity index (χ3v) is 5.81. The van der Waals surface area contributed by atoms with Gasteiger partial charge in [-0.25, -0.2) is 4.98 Å². The predicted octanol–water partition coefficient (Wildman–Crippen LogP) is 5.76. The Morgan fingerprint density at radius 3 is 2.30 bits per heavy atom. The molecule has 3 rings (SSSR count). The molecule has 0 saturated carbocycles. The molecule has 0 fully saturated rings. The normalized spacial score (nSPS) is 11.8. The monoisotopic (exact) mass is 446 g/mol. The number of nitrogens with one attached hydrogen (secondary N) is 1. The van der Waals surface area contributed by atoms with Crippen LogP contribution < -0.4 is 10.1 Å². The van der Waals surface area contributed by atoms with Gasteiger partial charge in [-0.15, -0.1) is 0 Å². The summed E-state index contributed by atoms with van der Waals surface area (Å²) in [6.07, 6.45) is 1.86. The summed E-state index contributed by atoms with van der Waals surface area (Å²) in [5.41, 5.74) is 4.60. The van der Waals surface area contributed by atoms with Crippen LogP contribution in [0.3, 0.4) is 0 Å². The summed E-state index contributed by atoms with van der Waals surface area (Å²) >= 11 is 0. The molecule has 0 saturated heterocycles. The van der Waals surface area contributed by atoms with Gasteiger partial charge in [-0.2, -0.15) is 0 Å². The van der Waals surface area contributed by atoms with Gasteiger partial charge in [0.2, 0.25) is 0 Å². The molecule has 0 bridgehead atoms. The van der Waals surface area contributed by atoms with Gasteiger partial charge in [-0.3, -0.25) is 4.79 Å². The number of rotatable bonds is 11. The van der Waals surface area contributed by atoms with Crippen molar-refractivity contribution in [1.82, 2.24) is 4.98 Å². The Balaban J connectivity index is 1.61. The lowest BCUT2D eigenvalue weighted by atomic mass is 9.88. The number of aromatic nitrogens is 1. The van der Waals surface area contributed by atoms with Crippen LogP contribution in [0.4, 0.5) is 5.82 Å². The van der Waals surface area contributed by atoms with Gasteiger partial charge >= 0.3 is 5.97 Å². The quantitative estimate of drug-likeness (QED) is 0.380. The van der Waals surface area contributed by atoms with E-state index in [1.165, 1.54) is 12.7 Å². The topological polar surface area (TPSA) is 60.5 Å². The molecule has 0 spiro atoms. The minimum atomic E-state index is -0.191. The van der Waals surface area contributed by atoms with E-state index >= 15 is 0 Å². The van der Waals surface area contributed by atoms with Crippen LogP contribution in [0, 0.1) is 0 Å². The summed E-state index contributed by atoms with van der Waals surface area (Å²) in [5, 5.41) is 3.05. The minimum absolute atomic E-state index is 0.0657. The highest BCUT2D eigenvalue weighted by atomic mass is 16.5. The zero-order valence-corrected chi connectivity index (χ0v) is 20.0. The van der Waals surface area contributed by atoms with E-state index < -0.39 is 0 Å². The number of methoxy groups -OCH3 is 1. The maximum Gasteiger partial charge on any atom is 0.306 e. The molecule has 1 aromatic heterocycles. The molecule has 2 aromatic carbocycles. The van der Waals surface area contributed by atoms with E-state index in [4.69, 9.17) is 9.47 Å². The van der Waals surface area contributed by atoms with E-state index in [9.17, 15) is 4.79 Å². The standard InChI is InChI=1S/C28H34N2O3/c1-20(2)22-10-12-23(13-11-22)24(19-28(31)32-4)18-21-8-14-26(15-9-21)33-17-16-25-6-5-7-27(29-3)30-25/h5-15,20,24H,16-19H2,1-4H3,(H,29,30). The second-order valence-corrected chi connectivity index (χ2v) is 8.51. The highest BCUT2D eigenvalue weighted by Crippen LogP contribution is 2.27. The Morgan fingerprint density at radius 2 is 1.67 bits per heavy atom. The van der Waals surface area contributed by atoms with Crippen LogP contribution in [-0.4, -0.2) is 31.7 Å². The van der Waals surface area contributed by atoms with E-state index in [2.05, 4.69) is 60.5 Å². The molecule has 33 heavy (non-hydrogen) atoms. The van der Waals surface area contributed by atoms with Gasteiger partial charge in [0.05, 0.1) is 20.1 Å². The fourth-order valence-electron chi connectivity index (χ4n) is 3.78. The molecule has 1 N–H and O–H groups in total. The Labute approximate surface area is 197 Å². The van der Waals surface area contributed by atoms with Crippen molar-refractivity contribution in [2.24, 2.45) is 0 Å². The highest BCUT2D eigenvalue weighted by molar-refractivity contribution is 5.70. The van der Waals surface area contributed by atoms with Crippen LogP contribution in [0.25, 0.3) is 0 Å². The Bertz CT molecular complexity index is 1010. The van der Waals surface area contributed by atoms with Gasteiger partial charge in [-0.05, 0) is 59.2 Å². The molecular formula is C28H34N2O3. The molecule has 0 aliphatic heterocycles. The van der Waals surface area contributed by atoms with Crippen molar-refractivity contribution in [3.05, 3.63) is 89.1 Å². The number of hydrogen-bond donors (Lipinski definition) is 1.